The molecule has 74 valence electrons. The van der Waals surface area contributed by atoms with Gasteiger partial charge in [-0.2, -0.15) is 0 Å². The monoisotopic (exact) mass is 183 g/mol. The summed E-state index contributed by atoms with van der Waals surface area (Å²) >= 11 is 0. The van der Waals surface area contributed by atoms with Crippen molar-refractivity contribution in [2.75, 3.05) is 13.2 Å². The van der Waals surface area contributed by atoms with Crippen molar-refractivity contribution in [2.45, 2.75) is 25.8 Å². The zero-order chi connectivity index (χ0) is 9.90. The fourth-order valence-electron chi connectivity index (χ4n) is 1.49. The fraction of sp³-hybridized carbons (Fsp3) is 0.700. The molecule has 0 aliphatic carbocycles. The molecule has 13 heavy (non-hydrogen) atoms. The van der Waals surface area contributed by atoms with Crippen LogP contribution in [-0.4, -0.2) is 25.0 Å². The number of carbonyl (C=O) groups excluding carboxylic acids is 1. The van der Waals surface area contributed by atoms with Gasteiger partial charge in [0, 0.05) is 12.5 Å². The van der Waals surface area contributed by atoms with Crippen LogP contribution < -0.4 is 5.73 Å². The summed E-state index contributed by atoms with van der Waals surface area (Å²) in [6.45, 7) is 6.43. The third kappa shape index (κ3) is 1.98. The minimum Gasteiger partial charge on any atom is -0.379 e. The Bertz CT molecular complexity index is 215. The molecule has 1 saturated heterocycles. The minimum atomic E-state index is -0.469. The van der Waals surface area contributed by atoms with Crippen molar-refractivity contribution in [1.29, 1.82) is 0 Å². The van der Waals surface area contributed by atoms with Crippen molar-refractivity contribution in [3.05, 3.63) is 12.7 Å². The maximum Gasteiger partial charge on any atom is 0.143 e. The van der Waals surface area contributed by atoms with Gasteiger partial charge in [0.15, 0.2) is 0 Å². The van der Waals surface area contributed by atoms with Crippen molar-refractivity contribution in [1.82, 2.24) is 0 Å². The van der Waals surface area contributed by atoms with Gasteiger partial charge in [-0.3, -0.25) is 4.79 Å². The lowest BCUT2D eigenvalue weighted by molar-refractivity contribution is -0.128. The van der Waals surface area contributed by atoms with Crippen LogP contribution in [0.3, 0.4) is 0 Å². The molecule has 0 radical (unpaired) electrons. The fourth-order valence-corrected chi connectivity index (χ4v) is 1.49. The molecule has 1 aliphatic heterocycles. The molecule has 0 aromatic carbocycles. The lowest BCUT2D eigenvalue weighted by Crippen LogP contribution is -2.44. The van der Waals surface area contributed by atoms with E-state index in [0.29, 0.717) is 19.6 Å². The molecule has 0 aromatic heterocycles. The molecule has 1 fully saturated rings. The molecule has 0 spiro atoms. The van der Waals surface area contributed by atoms with Gasteiger partial charge in [0.25, 0.3) is 0 Å². The first-order valence-electron chi connectivity index (χ1n) is 4.59. The number of hydrogen-bond acceptors (Lipinski definition) is 3. The van der Waals surface area contributed by atoms with Crippen LogP contribution in [0, 0.1) is 5.41 Å². The Labute approximate surface area is 78.9 Å². The Hall–Kier alpha value is -0.670. The Morgan fingerprint density at radius 3 is 3.00 bits per heavy atom. The van der Waals surface area contributed by atoms with Crippen molar-refractivity contribution in [2.24, 2.45) is 11.1 Å². The minimum absolute atomic E-state index is 0.148. The van der Waals surface area contributed by atoms with Gasteiger partial charge in [0.1, 0.15) is 5.78 Å². The van der Waals surface area contributed by atoms with Crippen LogP contribution in [0.1, 0.15) is 19.8 Å². The second kappa shape index (κ2) is 4.03. The molecule has 2 N–H and O–H groups in total. The predicted octanol–water partition coefficient (Wildman–Crippen LogP) is 0.885. The number of allylic oxidation sites excluding steroid dienone is 1. The number of Topliss-reactive ketones (excluding diaryl/α,β-unsaturated/α-hetero) is 1. The van der Waals surface area contributed by atoms with E-state index in [0.717, 1.165) is 6.42 Å². The van der Waals surface area contributed by atoms with E-state index >= 15 is 0 Å². The first-order valence-corrected chi connectivity index (χ1v) is 4.59. The standard InChI is InChI=1S/C10H17NO2/c1-3-4-5-9(12)10(2)7-13-6-8(10)11/h3,8H,1,4-7,11H2,2H3. The van der Waals surface area contributed by atoms with Crippen LogP contribution >= 0.6 is 0 Å². The summed E-state index contributed by atoms with van der Waals surface area (Å²) in [6.07, 6.45) is 3.00. The number of ketones is 1. The molecule has 3 heteroatoms. The highest BCUT2D eigenvalue weighted by Crippen LogP contribution is 2.29. The molecule has 2 atom stereocenters. The number of rotatable bonds is 4. The van der Waals surface area contributed by atoms with E-state index in [1.165, 1.54) is 0 Å². The number of nitrogens with two attached hydrogens (primary N) is 1. The van der Waals surface area contributed by atoms with Crippen molar-refractivity contribution in [3.8, 4) is 0 Å². The first-order chi connectivity index (χ1) is 6.11. The van der Waals surface area contributed by atoms with E-state index in [2.05, 4.69) is 6.58 Å². The third-order valence-electron chi connectivity index (χ3n) is 2.73. The van der Waals surface area contributed by atoms with Crippen molar-refractivity contribution in [3.63, 3.8) is 0 Å². The van der Waals surface area contributed by atoms with Crippen molar-refractivity contribution >= 4 is 5.78 Å². The van der Waals surface area contributed by atoms with Gasteiger partial charge in [0.05, 0.1) is 18.6 Å². The molecule has 1 rings (SSSR count). The Morgan fingerprint density at radius 1 is 1.85 bits per heavy atom. The van der Waals surface area contributed by atoms with E-state index in [9.17, 15) is 4.79 Å². The van der Waals surface area contributed by atoms with E-state index < -0.39 is 5.41 Å². The molecule has 1 aliphatic rings. The van der Waals surface area contributed by atoms with Crippen LogP contribution in [-0.2, 0) is 9.53 Å². The summed E-state index contributed by atoms with van der Waals surface area (Å²) in [6, 6.07) is -0.148. The van der Waals surface area contributed by atoms with Gasteiger partial charge in [-0.15, -0.1) is 6.58 Å². The summed E-state index contributed by atoms with van der Waals surface area (Å²) in [5, 5.41) is 0. The Balaban J connectivity index is 2.57. The Kier molecular flexibility index (Phi) is 3.22. The van der Waals surface area contributed by atoms with Gasteiger partial charge < -0.3 is 10.5 Å². The van der Waals surface area contributed by atoms with E-state index in [1.807, 2.05) is 6.92 Å². The second-order valence-electron chi connectivity index (χ2n) is 3.79. The van der Waals surface area contributed by atoms with E-state index in [1.54, 1.807) is 6.08 Å². The number of ether oxygens (including phenoxy) is 1. The maximum atomic E-state index is 11.7. The van der Waals surface area contributed by atoms with Crippen LogP contribution in [0.15, 0.2) is 12.7 Å². The van der Waals surface area contributed by atoms with Gasteiger partial charge in [-0.25, -0.2) is 0 Å². The van der Waals surface area contributed by atoms with E-state index in [4.69, 9.17) is 10.5 Å². The topological polar surface area (TPSA) is 52.3 Å². The van der Waals surface area contributed by atoms with Crippen molar-refractivity contribution < 1.29 is 9.53 Å². The van der Waals surface area contributed by atoms with Gasteiger partial charge in [-0.05, 0) is 13.3 Å². The highest BCUT2D eigenvalue weighted by molar-refractivity contribution is 5.85. The zero-order valence-corrected chi connectivity index (χ0v) is 8.08. The average molecular weight is 183 g/mol. The maximum absolute atomic E-state index is 11.7. The molecular formula is C10H17NO2. The molecule has 0 amide bonds. The smallest absolute Gasteiger partial charge is 0.143 e. The molecule has 3 nitrogen and oxygen atoms in total. The average Bonchev–Trinajstić information content (AvgIpc) is 2.44. The second-order valence-corrected chi connectivity index (χ2v) is 3.79. The predicted molar refractivity (Wildman–Crippen MR) is 51.3 cm³/mol. The highest BCUT2D eigenvalue weighted by atomic mass is 16.5. The van der Waals surface area contributed by atoms with Crippen LogP contribution in [0.4, 0.5) is 0 Å². The quantitative estimate of drug-likeness (QED) is 0.658. The summed E-state index contributed by atoms with van der Waals surface area (Å²) < 4.78 is 5.20. The lowest BCUT2D eigenvalue weighted by Gasteiger charge is -2.24. The summed E-state index contributed by atoms with van der Waals surface area (Å²) in [7, 11) is 0. The molecule has 2 unspecified atom stereocenters. The largest absolute Gasteiger partial charge is 0.379 e. The molecule has 0 aromatic rings. The third-order valence-corrected chi connectivity index (χ3v) is 2.73. The van der Waals surface area contributed by atoms with Gasteiger partial charge in [-0.1, -0.05) is 6.08 Å². The van der Waals surface area contributed by atoms with Crippen LogP contribution in [0.2, 0.25) is 0 Å². The number of hydrogen-bond donors (Lipinski definition) is 1. The zero-order valence-electron chi connectivity index (χ0n) is 8.08. The molecule has 1 heterocycles. The van der Waals surface area contributed by atoms with Gasteiger partial charge >= 0.3 is 0 Å². The highest BCUT2D eigenvalue weighted by Gasteiger charge is 2.43. The van der Waals surface area contributed by atoms with Crippen LogP contribution in [0.25, 0.3) is 0 Å². The summed E-state index contributed by atoms with van der Waals surface area (Å²) in [5.74, 6) is 0.192. The normalized spacial score (nSPS) is 33.2. The molecule has 0 bridgehead atoms. The van der Waals surface area contributed by atoms with E-state index in [-0.39, 0.29) is 11.8 Å². The first kappa shape index (κ1) is 10.4. The summed E-state index contributed by atoms with van der Waals surface area (Å²) in [4.78, 5) is 11.7. The molecule has 0 saturated carbocycles. The lowest BCUT2D eigenvalue weighted by atomic mass is 9.80. The number of carbonyl (C=O) groups is 1. The SMILES string of the molecule is C=CCCC(=O)C1(C)COCC1N. The van der Waals surface area contributed by atoms with Crippen LogP contribution in [0.5, 0.6) is 0 Å². The summed E-state index contributed by atoms with van der Waals surface area (Å²) in [5.41, 5.74) is 5.34. The van der Waals surface area contributed by atoms with Gasteiger partial charge in [0.2, 0.25) is 0 Å². The Morgan fingerprint density at radius 2 is 2.54 bits per heavy atom. The molecular weight excluding hydrogens is 166 g/mol.